The van der Waals surface area contributed by atoms with Crippen LogP contribution in [0.25, 0.3) is 0 Å². The van der Waals surface area contributed by atoms with E-state index in [4.69, 9.17) is 21.1 Å². The number of nitro groups is 2. The van der Waals surface area contributed by atoms with E-state index < -0.39 is 27.2 Å². The van der Waals surface area contributed by atoms with Gasteiger partial charge in [-0.15, -0.1) is 23.4 Å². The van der Waals surface area contributed by atoms with Crippen LogP contribution in [0, 0.1) is 26.1 Å². The van der Waals surface area contributed by atoms with Gasteiger partial charge in [-0.3, -0.25) is 20.2 Å². The van der Waals surface area contributed by atoms with Gasteiger partial charge in [-0.25, -0.2) is 9.59 Å². The highest BCUT2D eigenvalue weighted by molar-refractivity contribution is 8.00. The molecule has 1 N–H and O–H groups in total. The summed E-state index contributed by atoms with van der Waals surface area (Å²) in [5, 5.41) is 26.1. The first kappa shape index (κ1) is 31.1. The van der Waals surface area contributed by atoms with Crippen LogP contribution in [-0.2, 0) is 4.74 Å². The molecule has 1 saturated carbocycles. The molecule has 1 aliphatic heterocycles. The zero-order chi connectivity index (χ0) is 32.5. The predicted octanol–water partition coefficient (Wildman–Crippen LogP) is 7.55. The Morgan fingerprint density at radius 1 is 0.913 bits per heavy atom. The number of alkyl halides is 1. The number of thioether (sulfide) groups is 1. The van der Waals surface area contributed by atoms with E-state index in [0.29, 0.717) is 22.6 Å². The fraction of sp³-hybridized carbons (Fsp3) is 0.212. The molecule has 0 radical (unpaired) electrons. The van der Waals surface area contributed by atoms with Crippen LogP contribution in [-0.4, -0.2) is 39.5 Å². The molecule has 11 nitrogen and oxygen atoms in total. The van der Waals surface area contributed by atoms with Crippen molar-refractivity contribution in [2.45, 2.75) is 33.9 Å². The van der Waals surface area contributed by atoms with Crippen molar-refractivity contribution in [2.75, 3.05) is 12.4 Å². The second kappa shape index (κ2) is 12.8. The smallest absolute Gasteiger partial charge is 0.343 e. The van der Waals surface area contributed by atoms with Crippen LogP contribution in [0.3, 0.4) is 0 Å². The van der Waals surface area contributed by atoms with Crippen LogP contribution in [0.15, 0.2) is 95.9 Å². The summed E-state index contributed by atoms with van der Waals surface area (Å²) in [6, 6.07) is 23.9. The maximum atomic E-state index is 13.4. The van der Waals surface area contributed by atoms with E-state index >= 15 is 0 Å². The minimum absolute atomic E-state index is 0.0164. The number of halogens is 1. The summed E-state index contributed by atoms with van der Waals surface area (Å²) < 4.78 is 10.4. The van der Waals surface area contributed by atoms with Crippen molar-refractivity contribution >= 4 is 52.4 Å². The van der Waals surface area contributed by atoms with Crippen LogP contribution < -0.4 is 10.1 Å². The second-order valence-corrected chi connectivity index (χ2v) is 12.7. The summed E-state index contributed by atoms with van der Waals surface area (Å²) in [5.41, 5.74) is 2.43. The Bertz CT molecular complexity index is 1870. The minimum atomic E-state index is -0.688. The van der Waals surface area contributed by atoms with Crippen molar-refractivity contribution in [1.29, 1.82) is 0 Å². The second-order valence-electron chi connectivity index (χ2n) is 10.9. The molecule has 4 aromatic carbocycles. The Balaban J connectivity index is 1.37. The first-order valence-corrected chi connectivity index (χ1v) is 15.6. The number of para-hydroxylation sites is 2. The van der Waals surface area contributed by atoms with Gasteiger partial charge in [0.2, 0.25) is 0 Å². The Morgan fingerprint density at radius 2 is 1.67 bits per heavy atom. The number of esters is 2. The number of fused-ring (bicyclic) bond motifs is 3. The fourth-order valence-electron chi connectivity index (χ4n) is 6.27. The molecule has 2 aliphatic rings. The standard InChI is InChI=1S/C33H26ClN3O8S/c1-44-33(39)21-9-2-4-11-26(21)45-32(38)19-13-14-24-22(16-19)29-23(31(35-24)18-7-6-8-20(15-18)36(40)41)17-28(30(29)34)46-27-12-5-3-10-25(27)37(42)43/h2-16,23,28-31,35H,17H2,1H3. The Hall–Kier alpha value is -4.94. The molecule has 0 amide bonds. The molecule has 0 saturated heterocycles. The maximum absolute atomic E-state index is 13.4. The van der Waals surface area contributed by atoms with Crippen molar-refractivity contribution in [3.63, 3.8) is 0 Å². The van der Waals surface area contributed by atoms with E-state index in [1.165, 1.54) is 49.2 Å². The Labute approximate surface area is 272 Å². The molecule has 5 atom stereocenters. The molecule has 1 aliphatic carbocycles. The lowest BCUT2D eigenvalue weighted by Gasteiger charge is -2.38. The lowest BCUT2D eigenvalue weighted by Crippen LogP contribution is -2.31. The zero-order valence-electron chi connectivity index (χ0n) is 24.2. The third-order valence-corrected chi connectivity index (χ3v) is 10.4. The summed E-state index contributed by atoms with van der Waals surface area (Å²) in [6.07, 6.45) is 0.538. The zero-order valence-corrected chi connectivity index (χ0v) is 25.8. The molecule has 0 bridgehead atoms. The Kier molecular flexibility index (Phi) is 8.65. The summed E-state index contributed by atoms with van der Waals surface area (Å²) >= 11 is 8.57. The molecule has 4 aromatic rings. The van der Waals surface area contributed by atoms with Crippen molar-refractivity contribution in [3.05, 3.63) is 133 Å². The van der Waals surface area contributed by atoms with Crippen molar-refractivity contribution in [1.82, 2.24) is 0 Å². The molecular weight excluding hydrogens is 634 g/mol. The van der Waals surface area contributed by atoms with Crippen LogP contribution in [0.4, 0.5) is 17.1 Å². The lowest BCUT2D eigenvalue weighted by atomic mass is 9.76. The number of hydrogen-bond acceptors (Lipinski definition) is 10. The summed E-state index contributed by atoms with van der Waals surface area (Å²) in [7, 11) is 1.24. The molecule has 5 unspecified atom stereocenters. The van der Waals surface area contributed by atoms with Gasteiger partial charge < -0.3 is 14.8 Å². The number of non-ortho nitro benzene ring substituents is 1. The molecule has 0 aromatic heterocycles. The number of carbonyl (C=O) groups excluding carboxylic acids is 2. The first-order valence-electron chi connectivity index (χ1n) is 14.2. The van der Waals surface area contributed by atoms with Gasteiger partial charge in [0.15, 0.2) is 0 Å². The topological polar surface area (TPSA) is 151 Å². The number of ether oxygens (including phenoxy) is 2. The van der Waals surface area contributed by atoms with Gasteiger partial charge in [0, 0.05) is 35.1 Å². The molecule has 13 heteroatoms. The van der Waals surface area contributed by atoms with Crippen LogP contribution in [0.1, 0.15) is 50.2 Å². The summed E-state index contributed by atoms with van der Waals surface area (Å²) in [5.74, 6) is -1.78. The maximum Gasteiger partial charge on any atom is 0.343 e. The molecule has 0 spiro atoms. The van der Waals surface area contributed by atoms with Gasteiger partial charge >= 0.3 is 11.9 Å². The van der Waals surface area contributed by atoms with E-state index in [1.807, 2.05) is 6.07 Å². The fourth-order valence-corrected chi connectivity index (χ4v) is 8.21. The number of rotatable bonds is 8. The van der Waals surface area contributed by atoms with E-state index in [2.05, 4.69) is 5.32 Å². The number of carbonyl (C=O) groups is 2. The monoisotopic (exact) mass is 659 g/mol. The molecule has 6 rings (SSSR count). The predicted molar refractivity (Wildman–Crippen MR) is 172 cm³/mol. The van der Waals surface area contributed by atoms with Crippen LogP contribution in [0.5, 0.6) is 5.75 Å². The van der Waals surface area contributed by atoms with Gasteiger partial charge in [0.05, 0.1) is 38.8 Å². The number of methoxy groups -OCH3 is 1. The average Bonchev–Trinajstić information content (AvgIpc) is 3.39. The minimum Gasteiger partial charge on any atom is -0.465 e. The van der Waals surface area contributed by atoms with E-state index in [0.717, 1.165) is 5.56 Å². The summed E-state index contributed by atoms with van der Waals surface area (Å²) in [4.78, 5) is 48.6. The molecule has 1 heterocycles. The van der Waals surface area contributed by atoms with Crippen molar-refractivity contribution in [3.8, 4) is 5.75 Å². The van der Waals surface area contributed by atoms with Gasteiger partial charge in [0.1, 0.15) is 11.3 Å². The number of nitrogens with zero attached hydrogens (tertiary/aromatic N) is 2. The largest absolute Gasteiger partial charge is 0.465 e. The number of nitro benzene ring substituents is 2. The quantitative estimate of drug-likeness (QED) is 0.0660. The lowest BCUT2D eigenvalue weighted by molar-refractivity contribution is -0.387. The van der Waals surface area contributed by atoms with Gasteiger partial charge in [0.25, 0.3) is 11.4 Å². The Morgan fingerprint density at radius 3 is 2.43 bits per heavy atom. The van der Waals surface area contributed by atoms with E-state index in [-0.39, 0.29) is 51.4 Å². The third kappa shape index (κ3) is 5.88. The highest BCUT2D eigenvalue weighted by Crippen LogP contribution is 2.58. The highest BCUT2D eigenvalue weighted by atomic mass is 35.5. The number of anilines is 1. The van der Waals surface area contributed by atoms with Gasteiger partial charge in [-0.1, -0.05) is 36.4 Å². The molecule has 46 heavy (non-hydrogen) atoms. The number of benzene rings is 4. The van der Waals surface area contributed by atoms with E-state index in [1.54, 1.807) is 54.6 Å². The normalized spacial score (nSPS) is 21.3. The third-order valence-electron chi connectivity index (χ3n) is 8.32. The average molecular weight is 660 g/mol. The molecule has 1 fully saturated rings. The van der Waals surface area contributed by atoms with Crippen LogP contribution >= 0.6 is 23.4 Å². The number of hydrogen-bond donors (Lipinski definition) is 1. The number of nitrogens with one attached hydrogen (secondary N) is 1. The SMILES string of the molecule is COC(=O)c1ccccc1OC(=O)c1ccc2c(c1)C1C(Cl)C(Sc3ccccc3[N+](=O)[O-])CC1C(c1cccc([N+](=O)[O-])c1)N2. The van der Waals surface area contributed by atoms with Gasteiger partial charge in [-0.05, 0) is 59.9 Å². The van der Waals surface area contributed by atoms with Crippen LogP contribution in [0.2, 0.25) is 0 Å². The highest BCUT2D eigenvalue weighted by Gasteiger charge is 2.50. The van der Waals surface area contributed by atoms with Crippen molar-refractivity contribution < 1.29 is 28.9 Å². The van der Waals surface area contributed by atoms with Gasteiger partial charge in [-0.2, -0.15) is 0 Å². The van der Waals surface area contributed by atoms with Crippen molar-refractivity contribution in [2.24, 2.45) is 5.92 Å². The molecule has 234 valence electrons. The van der Waals surface area contributed by atoms with E-state index in [9.17, 15) is 29.8 Å². The first-order chi connectivity index (χ1) is 22.2. The molecular formula is C33H26ClN3O8S. The summed E-state index contributed by atoms with van der Waals surface area (Å²) in [6.45, 7) is 0.